The molecule has 0 aromatic rings. The van der Waals surface area contributed by atoms with Crippen LogP contribution in [-0.4, -0.2) is 0 Å². The fourth-order valence-corrected chi connectivity index (χ4v) is 2.77. The predicted octanol–water partition coefficient (Wildman–Crippen LogP) is 8.05. The lowest BCUT2D eigenvalue weighted by Gasteiger charge is -2.00. The lowest BCUT2D eigenvalue weighted by molar-refractivity contribution is 0.573. The Morgan fingerprint density at radius 1 is 0.333 bits per heavy atom. The van der Waals surface area contributed by atoms with Gasteiger partial charge in [-0.15, -0.1) is 23.7 Å². The quantitative estimate of drug-likeness (QED) is 0.210. The maximum Gasteiger partial charge on any atom is 0.00886 e. The average Bonchev–Trinajstić information content (AvgIpc) is 2.60. The molecule has 0 aliphatic carbocycles. The normalized spacial score (nSPS) is 9.92. The minimum Gasteiger partial charge on any atom is -0.103 e. The molecule has 0 rings (SSSR count). The van der Waals surface area contributed by atoms with Crippen LogP contribution in [0.1, 0.15) is 129 Å². The molecule has 0 saturated heterocycles. The van der Waals surface area contributed by atoms with E-state index in [-0.39, 0.29) is 0 Å². The molecule has 0 saturated carbocycles. The minimum absolute atomic E-state index is 1.11. The summed E-state index contributed by atoms with van der Waals surface area (Å²) >= 11 is 0. The van der Waals surface area contributed by atoms with Gasteiger partial charge in [0.1, 0.15) is 0 Å². The summed E-state index contributed by atoms with van der Waals surface area (Å²) in [4.78, 5) is 0. The second-order valence-corrected chi connectivity index (χ2v) is 6.95. The van der Waals surface area contributed by atoms with Crippen LogP contribution in [0.3, 0.4) is 0 Å². The Morgan fingerprint density at radius 2 is 0.583 bits per heavy atom. The van der Waals surface area contributed by atoms with E-state index in [9.17, 15) is 0 Å². The summed E-state index contributed by atoms with van der Waals surface area (Å²) in [5, 5.41) is 0. The highest BCUT2D eigenvalue weighted by atomic mass is 14.0. The third-order valence-corrected chi connectivity index (χ3v) is 4.41. The van der Waals surface area contributed by atoms with E-state index in [2.05, 4.69) is 37.5 Å². The van der Waals surface area contributed by atoms with Crippen LogP contribution in [-0.2, 0) is 0 Å². The average molecular weight is 331 g/mol. The smallest absolute Gasteiger partial charge is 0.00886 e. The molecule has 24 heavy (non-hydrogen) atoms. The minimum atomic E-state index is 1.11. The summed E-state index contributed by atoms with van der Waals surface area (Å²) < 4.78 is 0. The van der Waals surface area contributed by atoms with Gasteiger partial charge in [-0.3, -0.25) is 0 Å². The Morgan fingerprint density at radius 3 is 0.875 bits per heavy atom. The Hall–Kier alpha value is -0.880. The maximum absolute atomic E-state index is 3.33. The van der Waals surface area contributed by atoms with E-state index in [1.165, 1.54) is 89.9 Å². The summed E-state index contributed by atoms with van der Waals surface area (Å²) in [6.07, 6.45) is 23.2. The summed E-state index contributed by atoms with van der Waals surface area (Å²) in [6.45, 7) is 4.49. The van der Waals surface area contributed by atoms with E-state index in [1.807, 2.05) is 0 Å². The predicted molar refractivity (Wildman–Crippen MR) is 110 cm³/mol. The van der Waals surface area contributed by atoms with Gasteiger partial charge in [0.25, 0.3) is 0 Å². The first-order chi connectivity index (χ1) is 11.9. The van der Waals surface area contributed by atoms with Gasteiger partial charge in [0.2, 0.25) is 0 Å². The molecule has 0 aliphatic heterocycles. The van der Waals surface area contributed by atoms with E-state index in [1.54, 1.807) is 0 Å². The van der Waals surface area contributed by atoms with Crippen LogP contribution in [0.4, 0.5) is 0 Å². The molecule has 0 amide bonds. The molecule has 0 aliphatic rings. The molecule has 0 N–H and O–H groups in total. The second kappa shape index (κ2) is 22.1. The summed E-state index contributed by atoms with van der Waals surface area (Å²) in [7, 11) is 0. The number of rotatable bonds is 15. The summed E-state index contributed by atoms with van der Waals surface area (Å²) in [6, 6.07) is 0. The number of hydrogen-bond acceptors (Lipinski definition) is 0. The molecular formula is C24H42. The van der Waals surface area contributed by atoms with Gasteiger partial charge in [0, 0.05) is 25.7 Å². The van der Waals surface area contributed by atoms with E-state index >= 15 is 0 Å². The molecule has 0 atom stereocenters. The van der Waals surface area contributed by atoms with E-state index in [0.717, 1.165) is 25.7 Å². The molecule has 0 nitrogen and oxygen atoms in total. The molecule has 138 valence electrons. The lowest BCUT2D eigenvalue weighted by atomic mass is 10.1. The van der Waals surface area contributed by atoms with E-state index in [0.29, 0.717) is 0 Å². The topological polar surface area (TPSA) is 0 Å². The first-order valence-electron chi connectivity index (χ1n) is 10.8. The van der Waals surface area contributed by atoms with Crippen LogP contribution in [0.2, 0.25) is 0 Å². The Kier molecular flexibility index (Phi) is 21.3. The molecule has 0 radical (unpaired) electrons. The van der Waals surface area contributed by atoms with Gasteiger partial charge in [-0.25, -0.2) is 0 Å². The van der Waals surface area contributed by atoms with Crippen LogP contribution < -0.4 is 0 Å². The SMILES string of the molecule is CCCCCC#CCCCCCCCCCCC#CCCCCC. The van der Waals surface area contributed by atoms with Gasteiger partial charge in [-0.1, -0.05) is 78.1 Å². The van der Waals surface area contributed by atoms with E-state index in [4.69, 9.17) is 0 Å². The molecule has 0 heterocycles. The van der Waals surface area contributed by atoms with Crippen molar-refractivity contribution in [3.05, 3.63) is 0 Å². The third kappa shape index (κ3) is 21.1. The summed E-state index contributed by atoms with van der Waals surface area (Å²) in [5.74, 6) is 13.3. The van der Waals surface area contributed by atoms with Crippen molar-refractivity contribution in [2.75, 3.05) is 0 Å². The van der Waals surface area contributed by atoms with Crippen molar-refractivity contribution in [1.29, 1.82) is 0 Å². The largest absolute Gasteiger partial charge is 0.103 e. The first-order valence-corrected chi connectivity index (χ1v) is 10.8. The zero-order chi connectivity index (χ0) is 17.6. The molecule has 0 bridgehead atoms. The molecule has 0 aromatic carbocycles. The van der Waals surface area contributed by atoms with Crippen molar-refractivity contribution in [3.63, 3.8) is 0 Å². The van der Waals surface area contributed by atoms with Crippen molar-refractivity contribution >= 4 is 0 Å². The van der Waals surface area contributed by atoms with E-state index < -0.39 is 0 Å². The Bertz CT molecular complexity index is 308. The van der Waals surface area contributed by atoms with Gasteiger partial charge in [-0.2, -0.15) is 0 Å². The standard InChI is InChI=1S/C24H42/c1-3-5-7-9-11-13-15-17-19-21-23-24-22-20-18-16-14-12-10-8-6-4-2/h3-10,15-24H2,1-2H3. The highest BCUT2D eigenvalue weighted by molar-refractivity contribution is 4.98. The van der Waals surface area contributed by atoms with Crippen LogP contribution in [0.5, 0.6) is 0 Å². The van der Waals surface area contributed by atoms with Crippen molar-refractivity contribution in [2.45, 2.75) is 129 Å². The fraction of sp³-hybridized carbons (Fsp3) is 0.833. The molecular weight excluding hydrogens is 288 g/mol. The van der Waals surface area contributed by atoms with Gasteiger partial charge in [-0.05, 0) is 25.7 Å². The van der Waals surface area contributed by atoms with Gasteiger partial charge < -0.3 is 0 Å². The van der Waals surface area contributed by atoms with Crippen molar-refractivity contribution in [1.82, 2.24) is 0 Å². The first kappa shape index (κ1) is 23.1. The van der Waals surface area contributed by atoms with Crippen LogP contribution in [0, 0.1) is 23.7 Å². The van der Waals surface area contributed by atoms with Crippen molar-refractivity contribution in [3.8, 4) is 23.7 Å². The monoisotopic (exact) mass is 330 g/mol. The zero-order valence-electron chi connectivity index (χ0n) is 16.7. The Labute approximate surface area is 153 Å². The lowest BCUT2D eigenvalue weighted by Crippen LogP contribution is -1.81. The Balaban J connectivity index is 3.12. The van der Waals surface area contributed by atoms with Gasteiger partial charge in [0.05, 0.1) is 0 Å². The highest BCUT2D eigenvalue weighted by Gasteiger charge is 1.91. The van der Waals surface area contributed by atoms with Gasteiger partial charge in [0.15, 0.2) is 0 Å². The highest BCUT2D eigenvalue weighted by Crippen LogP contribution is 2.10. The number of hydrogen-bond donors (Lipinski definition) is 0. The second-order valence-electron chi connectivity index (χ2n) is 6.95. The van der Waals surface area contributed by atoms with Crippen LogP contribution >= 0.6 is 0 Å². The third-order valence-electron chi connectivity index (χ3n) is 4.41. The van der Waals surface area contributed by atoms with Gasteiger partial charge >= 0.3 is 0 Å². The number of unbranched alkanes of at least 4 members (excludes halogenated alkanes) is 15. The molecule has 0 heteroatoms. The summed E-state index contributed by atoms with van der Waals surface area (Å²) in [5.41, 5.74) is 0. The van der Waals surface area contributed by atoms with Crippen LogP contribution in [0.25, 0.3) is 0 Å². The molecule has 0 spiro atoms. The van der Waals surface area contributed by atoms with Crippen molar-refractivity contribution in [2.24, 2.45) is 0 Å². The molecule has 0 fully saturated rings. The zero-order valence-corrected chi connectivity index (χ0v) is 16.7. The van der Waals surface area contributed by atoms with Crippen molar-refractivity contribution < 1.29 is 0 Å². The molecule has 0 aromatic heterocycles. The fourth-order valence-electron chi connectivity index (χ4n) is 2.77. The maximum atomic E-state index is 3.33. The molecule has 0 unspecified atom stereocenters. The van der Waals surface area contributed by atoms with Crippen LogP contribution in [0.15, 0.2) is 0 Å².